The summed E-state index contributed by atoms with van der Waals surface area (Å²) in [7, 11) is 0. The molecule has 1 aliphatic carbocycles. The Labute approximate surface area is 124 Å². The fraction of sp³-hybridized carbons (Fsp3) is 0.643. The van der Waals surface area contributed by atoms with E-state index in [-0.39, 0.29) is 30.8 Å². The second-order valence-corrected chi connectivity index (χ2v) is 5.71. The van der Waals surface area contributed by atoms with Crippen molar-refractivity contribution in [3.05, 3.63) is 12.4 Å². The van der Waals surface area contributed by atoms with Crippen molar-refractivity contribution in [2.45, 2.75) is 57.7 Å². The van der Waals surface area contributed by atoms with Gasteiger partial charge in [0, 0.05) is 24.7 Å². The zero-order chi connectivity index (χ0) is 15.2. The summed E-state index contributed by atoms with van der Waals surface area (Å²) in [5.41, 5.74) is 6.14. The molecule has 1 aromatic heterocycles. The van der Waals surface area contributed by atoms with Gasteiger partial charge in [-0.2, -0.15) is 5.10 Å². The van der Waals surface area contributed by atoms with Crippen LogP contribution in [0, 0.1) is 0 Å². The van der Waals surface area contributed by atoms with Crippen LogP contribution in [0.25, 0.3) is 0 Å². The highest BCUT2D eigenvalue weighted by atomic mass is 16.2. The van der Waals surface area contributed by atoms with Crippen LogP contribution in [0.1, 0.15) is 39.0 Å². The van der Waals surface area contributed by atoms with Crippen LogP contribution in [0.15, 0.2) is 12.4 Å². The van der Waals surface area contributed by atoms with E-state index in [1.165, 1.54) is 23.7 Å². The lowest BCUT2D eigenvalue weighted by atomic mass is 10.2. The van der Waals surface area contributed by atoms with Crippen LogP contribution in [-0.2, 0) is 16.1 Å². The number of amides is 2. The van der Waals surface area contributed by atoms with Crippen LogP contribution >= 0.6 is 0 Å². The van der Waals surface area contributed by atoms with Crippen molar-refractivity contribution in [2.24, 2.45) is 5.73 Å². The van der Waals surface area contributed by atoms with E-state index in [2.05, 4.69) is 15.7 Å². The largest absolute Gasteiger partial charge is 0.352 e. The van der Waals surface area contributed by atoms with Crippen molar-refractivity contribution in [3.63, 3.8) is 0 Å². The number of hydrogen-bond donors (Lipinski definition) is 3. The van der Waals surface area contributed by atoms with Gasteiger partial charge in [0.05, 0.1) is 11.9 Å². The molecular formula is C14H23N5O2. The first-order valence-electron chi connectivity index (χ1n) is 7.40. The van der Waals surface area contributed by atoms with Gasteiger partial charge in [0.25, 0.3) is 0 Å². The van der Waals surface area contributed by atoms with Gasteiger partial charge in [0.2, 0.25) is 11.8 Å². The first kappa shape index (κ1) is 15.5. The van der Waals surface area contributed by atoms with Crippen LogP contribution in [-0.4, -0.2) is 33.7 Å². The Morgan fingerprint density at radius 2 is 2.14 bits per heavy atom. The summed E-state index contributed by atoms with van der Waals surface area (Å²) in [6, 6.07) is 0.121. The molecule has 1 fully saturated rings. The molecule has 0 spiro atoms. The fourth-order valence-electron chi connectivity index (χ4n) is 2.51. The van der Waals surface area contributed by atoms with E-state index in [9.17, 15) is 9.59 Å². The first-order chi connectivity index (χ1) is 10.0. The summed E-state index contributed by atoms with van der Waals surface area (Å²) >= 11 is 0. The van der Waals surface area contributed by atoms with Gasteiger partial charge in [0.1, 0.15) is 6.54 Å². The maximum Gasteiger partial charge on any atom is 0.241 e. The number of aromatic nitrogens is 2. The number of rotatable bonds is 6. The van der Waals surface area contributed by atoms with Crippen LogP contribution < -0.4 is 16.4 Å². The molecule has 21 heavy (non-hydrogen) atoms. The highest BCUT2D eigenvalue weighted by Gasteiger charge is 2.17. The summed E-state index contributed by atoms with van der Waals surface area (Å²) in [6.07, 6.45) is 7.92. The van der Waals surface area contributed by atoms with E-state index in [0.29, 0.717) is 11.7 Å². The third kappa shape index (κ3) is 5.18. The third-order valence-corrected chi connectivity index (χ3v) is 3.45. The zero-order valence-electron chi connectivity index (χ0n) is 12.3. The maximum atomic E-state index is 11.9. The van der Waals surface area contributed by atoms with Crippen molar-refractivity contribution in [2.75, 3.05) is 5.32 Å². The average molecular weight is 293 g/mol. The van der Waals surface area contributed by atoms with Crippen molar-refractivity contribution in [1.29, 1.82) is 0 Å². The Hall–Kier alpha value is -1.89. The molecule has 1 saturated carbocycles. The van der Waals surface area contributed by atoms with Gasteiger partial charge < -0.3 is 16.4 Å². The van der Waals surface area contributed by atoms with Crippen molar-refractivity contribution in [1.82, 2.24) is 15.1 Å². The fourth-order valence-corrected chi connectivity index (χ4v) is 2.51. The highest BCUT2D eigenvalue weighted by molar-refractivity contribution is 5.90. The van der Waals surface area contributed by atoms with Gasteiger partial charge in [-0.1, -0.05) is 12.8 Å². The normalized spacial score (nSPS) is 16.7. The second-order valence-electron chi connectivity index (χ2n) is 5.71. The molecule has 0 saturated heterocycles. The summed E-state index contributed by atoms with van der Waals surface area (Å²) in [4.78, 5) is 23.4. The van der Waals surface area contributed by atoms with Gasteiger partial charge in [-0.25, -0.2) is 0 Å². The number of carbonyl (C=O) groups excluding carboxylic acids is 2. The monoisotopic (exact) mass is 293 g/mol. The molecule has 0 aliphatic heterocycles. The van der Waals surface area contributed by atoms with E-state index < -0.39 is 0 Å². The van der Waals surface area contributed by atoms with E-state index in [0.717, 1.165) is 12.8 Å². The standard InChI is InChI=1S/C14H23N5O2/c1-10(15)6-13(20)18-12-7-16-19(8-12)9-14(21)17-11-4-2-3-5-11/h7-8,10-11H,2-6,9,15H2,1H3,(H,17,21)(H,18,20). The third-order valence-electron chi connectivity index (χ3n) is 3.45. The number of hydrogen-bond acceptors (Lipinski definition) is 4. The number of nitrogens with one attached hydrogen (secondary N) is 2. The predicted molar refractivity (Wildman–Crippen MR) is 79.5 cm³/mol. The van der Waals surface area contributed by atoms with Gasteiger partial charge in [0.15, 0.2) is 0 Å². The van der Waals surface area contributed by atoms with Crippen LogP contribution in [0.3, 0.4) is 0 Å². The summed E-state index contributed by atoms with van der Waals surface area (Å²) < 4.78 is 1.52. The Morgan fingerprint density at radius 3 is 2.81 bits per heavy atom. The molecule has 1 heterocycles. The van der Waals surface area contributed by atoms with Gasteiger partial charge in [-0.05, 0) is 19.8 Å². The number of carbonyl (C=O) groups is 2. The molecule has 116 valence electrons. The molecular weight excluding hydrogens is 270 g/mol. The van der Waals surface area contributed by atoms with E-state index in [1.807, 2.05) is 0 Å². The van der Waals surface area contributed by atoms with E-state index in [4.69, 9.17) is 5.73 Å². The summed E-state index contributed by atoms with van der Waals surface area (Å²) in [5.74, 6) is -0.196. The summed E-state index contributed by atoms with van der Waals surface area (Å²) in [5, 5.41) is 9.78. The Morgan fingerprint density at radius 1 is 1.43 bits per heavy atom. The second kappa shape index (κ2) is 7.21. The molecule has 1 unspecified atom stereocenters. The molecule has 0 aromatic carbocycles. The number of anilines is 1. The average Bonchev–Trinajstić information content (AvgIpc) is 3.00. The van der Waals surface area contributed by atoms with Crippen LogP contribution in [0.4, 0.5) is 5.69 Å². The lowest BCUT2D eigenvalue weighted by Crippen LogP contribution is -2.35. The number of nitrogens with two attached hydrogens (primary N) is 1. The smallest absolute Gasteiger partial charge is 0.241 e. The molecule has 0 radical (unpaired) electrons. The molecule has 2 amide bonds. The molecule has 4 N–H and O–H groups in total. The first-order valence-corrected chi connectivity index (χ1v) is 7.40. The molecule has 7 heteroatoms. The van der Waals surface area contributed by atoms with Crippen molar-refractivity contribution >= 4 is 17.5 Å². The van der Waals surface area contributed by atoms with Crippen molar-refractivity contribution in [3.8, 4) is 0 Å². The van der Waals surface area contributed by atoms with Gasteiger partial charge >= 0.3 is 0 Å². The SMILES string of the molecule is CC(N)CC(=O)Nc1cnn(CC(=O)NC2CCCC2)c1. The predicted octanol–water partition coefficient (Wildman–Crippen LogP) is 0.618. The minimum absolute atomic E-state index is 0.0431. The highest BCUT2D eigenvalue weighted by Crippen LogP contribution is 2.17. The minimum atomic E-state index is -0.183. The Bertz CT molecular complexity index is 491. The quantitative estimate of drug-likeness (QED) is 0.715. The van der Waals surface area contributed by atoms with E-state index in [1.54, 1.807) is 13.1 Å². The Kier molecular flexibility index (Phi) is 5.32. The lowest BCUT2D eigenvalue weighted by molar-refractivity contribution is -0.122. The molecule has 1 aromatic rings. The summed E-state index contributed by atoms with van der Waals surface area (Å²) in [6.45, 7) is 1.94. The maximum absolute atomic E-state index is 11.9. The minimum Gasteiger partial charge on any atom is -0.352 e. The van der Waals surface area contributed by atoms with Gasteiger partial charge in [-0.15, -0.1) is 0 Å². The molecule has 2 rings (SSSR count). The topological polar surface area (TPSA) is 102 Å². The van der Waals surface area contributed by atoms with E-state index >= 15 is 0 Å². The zero-order valence-corrected chi connectivity index (χ0v) is 12.3. The molecule has 0 bridgehead atoms. The number of nitrogens with zero attached hydrogens (tertiary/aromatic N) is 2. The Balaban J connectivity index is 1.79. The van der Waals surface area contributed by atoms with Crippen LogP contribution in [0.2, 0.25) is 0 Å². The molecule has 1 aliphatic rings. The lowest BCUT2D eigenvalue weighted by Gasteiger charge is -2.11. The van der Waals surface area contributed by atoms with Gasteiger partial charge in [-0.3, -0.25) is 14.3 Å². The van der Waals surface area contributed by atoms with Crippen molar-refractivity contribution < 1.29 is 9.59 Å². The van der Waals surface area contributed by atoms with Crippen LogP contribution in [0.5, 0.6) is 0 Å². The molecule has 1 atom stereocenters. The molecule has 7 nitrogen and oxygen atoms in total.